The summed E-state index contributed by atoms with van der Waals surface area (Å²) in [5.41, 5.74) is 4.90. The van der Waals surface area contributed by atoms with Crippen LogP contribution in [0.4, 0.5) is 0 Å². The largest absolute Gasteiger partial charge is 0.480 e. The predicted molar refractivity (Wildman–Crippen MR) is 48.0 cm³/mol. The first-order valence-corrected chi connectivity index (χ1v) is 4.50. The summed E-state index contributed by atoms with van der Waals surface area (Å²) in [6.45, 7) is 3.20. The van der Waals surface area contributed by atoms with Gasteiger partial charge in [-0.05, 0) is 13.8 Å². The standard InChI is InChI=1S/C7H13NO3S/c1-7(2,6(10)11)12-4-3-5(8)9/h3-4H2,1-2H3,(H2,8,9)(H,10,11). The van der Waals surface area contributed by atoms with Gasteiger partial charge >= 0.3 is 5.97 Å². The number of nitrogens with two attached hydrogens (primary N) is 1. The highest BCUT2D eigenvalue weighted by atomic mass is 32.2. The fourth-order valence-electron chi connectivity index (χ4n) is 0.469. The summed E-state index contributed by atoms with van der Waals surface area (Å²) in [6, 6.07) is 0. The molecule has 0 saturated carbocycles. The molecule has 3 N–H and O–H groups in total. The Labute approximate surface area is 75.5 Å². The Balaban J connectivity index is 3.76. The number of carboxylic acids is 1. The van der Waals surface area contributed by atoms with Crippen molar-refractivity contribution in [1.29, 1.82) is 0 Å². The highest BCUT2D eigenvalue weighted by Crippen LogP contribution is 2.24. The molecule has 0 fully saturated rings. The predicted octanol–water partition coefficient (Wildman–Crippen LogP) is 0.458. The second-order valence-electron chi connectivity index (χ2n) is 2.88. The van der Waals surface area contributed by atoms with Crippen LogP contribution in [-0.4, -0.2) is 27.5 Å². The molecule has 0 heterocycles. The van der Waals surface area contributed by atoms with E-state index in [0.29, 0.717) is 5.75 Å². The lowest BCUT2D eigenvalue weighted by atomic mass is 10.2. The van der Waals surface area contributed by atoms with E-state index in [-0.39, 0.29) is 6.42 Å². The Bertz CT molecular complexity index is 191. The molecular formula is C7H13NO3S. The van der Waals surface area contributed by atoms with Crippen molar-refractivity contribution < 1.29 is 14.7 Å². The molecule has 4 nitrogen and oxygen atoms in total. The van der Waals surface area contributed by atoms with E-state index in [0.717, 1.165) is 0 Å². The van der Waals surface area contributed by atoms with Gasteiger partial charge in [0.2, 0.25) is 5.91 Å². The summed E-state index contributed by atoms with van der Waals surface area (Å²) < 4.78 is -0.838. The minimum Gasteiger partial charge on any atom is -0.480 e. The first-order valence-electron chi connectivity index (χ1n) is 3.52. The minimum atomic E-state index is -0.878. The number of aliphatic carboxylic acids is 1. The normalized spacial score (nSPS) is 11.2. The summed E-state index contributed by atoms with van der Waals surface area (Å²) >= 11 is 1.21. The second-order valence-corrected chi connectivity index (χ2v) is 4.60. The number of carbonyl (C=O) groups is 2. The highest BCUT2D eigenvalue weighted by molar-refractivity contribution is 8.01. The first-order chi connectivity index (χ1) is 5.36. The fourth-order valence-corrected chi connectivity index (χ4v) is 1.41. The van der Waals surface area contributed by atoms with Crippen LogP contribution in [0.25, 0.3) is 0 Å². The smallest absolute Gasteiger partial charge is 0.319 e. The Hall–Kier alpha value is -0.710. The summed E-state index contributed by atoms with van der Waals surface area (Å²) in [5, 5.41) is 8.67. The van der Waals surface area contributed by atoms with Crippen LogP contribution in [0.1, 0.15) is 20.3 Å². The molecule has 0 aromatic heterocycles. The second kappa shape index (κ2) is 4.35. The third-order valence-electron chi connectivity index (χ3n) is 1.33. The van der Waals surface area contributed by atoms with Crippen LogP contribution in [-0.2, 0) is 9.59 Å². The van der Waals surface area contributed by atoms with Crippen LogP contribution in [0.3, 0.4) is 0 Å². The molecule has 0 aromatic carbocycles. The van der Waals surface area contributed by atoms with Crippen molar-refractivity contribution in [3.05, 3.63) is 0 Å². The third kappa shape index (κ3) is 4.23. The van der Waals surface area contributed by atoms with E-state index in [1.54, 1.807) is 13.8 Å². The van der Waals surface area contributed by atoms with Crippen LogP contribution in [0.15, 0.2) is 0 Å². The molecule has 70 valence electrons. The van der Waals surface area contributed by atoms with Crippen molar-refractivity contribution in [3.8, 4) is 0 Å². The zero-order valence-corrected chi connectivity index (χ0v) is 7.98. The van der Waals surface area contributed by atoms with E-state index in [2.05, 4.69) is 0 Å². The van der Waals surface area contributed by atoms with E-state index < -0.39 is 16.6 Å². The van der Waals surface area contributed by atoms with Gasteiger partial charge in [-0.2, -0.15) is 0 Å². The molecule has 0 aliphatic carbocycles. The number of hydrogen-bond acceptors (Lipinski definition) is 3. The van der Waals surface area contributed by atoms with Gasteiger partial charge in [-0.15, -0.1) is 11.8 Å². The molecule has 0 atom stereocenters. The van der Waals surface area contributed by atoms with E-state index in [1.165, 1.54) is 11.8 Å². The average molecular weight is 191 g/mol. The average Bonchev–Trinajstić information content (AvgIpc) is 1.85. The van der Waals surface area contributed by atoms with Crippen molar-refractivity contribution in [2.75, 3.05) is 5.75 Å². The van der Waals surface area contributed by atoms with Gasteiger partial charge in [0.25, 0.3) is 0 Å². The quantitative estimate of drug-likeness (QED) is 0.661. The maximum atomic E-state index is 10.6. The van der Waals surface area contributed by atoms with Crippen LogP contribution < -0.4 is 5.73 Å². The maximum absolute atomic E-state index is 10.6. The summed E-state index contributed by atoms with van der Waals surface area (Å²) in [5.74, 6) is -0.824. The molecule has 0 unspecified atom stereocenters. The van der Waals surface area contributed by atoms with Gasteiger partial charge in [-0.3, -0.25) is 9.59 Å². The molecule has 0 aliphatic rings. The lowest BCUT2D eigenvalue weighted by Gasteiger charge is -2.17. The van der Waals surface area contributed by atoms with Crippen molar-refractivity contribution in [3.63, 3.8) is 0 Å². The number of carboxylic acid groups (broad SMARTS) is 1. The Kier molecular flexibility index (Phi) is 4.09. The van der Waals surface area contributed by atoms with Gasteiger partial charge in [0.05, 0.1) is 0 Å². The van der Waals surface area contributed by atoms with Gasteiger partial charge in [-0.25, -0.2) is 0 Å². The topological polar surface area (TPSA) is 80.4 Å². The van der Waals surface area contributed by atoms with Crippen LogP contribution in [0, 0.1) is 0 Å². The number of carbonyl (C=O) groups excluding carboxylic acids is 1. The van der Waals surface area contributed by atoms with Gasteiger partial charge in [0.15, 0.2) is 0 Å². The van der Waals surface area contributed by atoms with E-state index in [4.69, 9.17) is 10.8 Å². The fraction of sp³-hybridized carbons (Fsp3) is 0.714. The van der Waals surface area contributed by atoms with E-state index in [1.807, 2.05) is 0 Å². The Morgan fingerprint density at radius 1 is 1.50 bits per heavy atom. The Morgan fingerprint density at radius 2 is 2.00 bits per heavy atom. The minimum absolute atomic E-state index is 0.224. The molecule has 0 spiro atoms. The molecular weight excluding hydrogens is 178 g/mol. The molecule has 1 amide bonds. The zero-order chi connectivity index (χ0) is 9.78. The van der Waals surface area contributed by atoms with E-state index >= 15 is 0 Å². The molecule has 5 heteroatoms. The van der Waals surface area contributed by atoms with Crippen LogP contribution >= 0.6 is 11.8 Å². The molecule has 0 aliphatic heterocycles. The first kappa shape index (κ1) is 11.3. The van der Waals surface area contributed by atoms with Gasteiger partial charge in [-0.1, -0.05) is 0 Å². The molecule has 0 bridgehead atoms. The molecule has 0 rings (SSSR count). The van der Waals surface area contributed by atoms with E-state index in [9.17, 15) is 9.59 Å². The van der Waals surface area contributed by atoms with Crippen LogP contribution in [0.5, 0.6) is 0 Å². The molecule has 0 aromatic rings. The lowest BCUT2D eigenvalue weighted by Crippen LogP contribution is -2.28. The summed E-state index contributed by atoms with van der Waals surface area (Å²) in [4.78, 5) is 20.9. The number of rotatable bonds is 5. The van der Waals surface area contributed by atoms with Gasteiger partial charge in [0.1, 0.15) is 4.75 Å². The van der Waals surface area contributed by atoms with Crippen molar-refractivity contribution in [2.24, 2.45) is 5.73 Å². The maximum Gasteiger partial charge on any atom is 0.319 e. The molecule has 12 heavy (non-hydrogen) atoms. The zero-order valence-electron chi connectivity index (χ0n) is 7.16. The lowest BCUT2D eigenvalue weighted by molar-refractivity contribution is -0.138. The van der Waals surface area contributed by atoms with Gasteiger partial charge in [0, 0.05) is 12.2 Å². The summed E-state index contributed by atoms with van der Waals surface area (Å²) in [6.07, 6.45) is 0.224. The number of primary amides is 1. The molecule has 0 saturated heterocycles. The number of thioether (sulfide) groups is 1. The van der Waals surface area contributed by atoms with Crippen LogP contribution in [0.2, 0.25) is 0 Å². The Morgan fingerprint density at radius 3 is 2.33 bits per heavy atom. The highest BCUT2D eigenvalue weighted by Gasteiger charge is 2.27. The van der Waals surface area contributed by atoms with Gasteiger partial charge < -0.3 is 10.8 Å². The third-order valence-corrected chi connectivity index (χ3v) is 2.63. The monoisotopic (exact) mass is 191 g/mol. The van der Waals surface area contributed by atoms with Crippen molar-refractivity contribution in [1.82, 2.24) is 0 Å². The summed E-state index contributed by atoms with van der Waals surface area (Å²) in [7, 11) is 0. The number of hydrogen-bond donors (Lipinski definition) is 2. The SMILES string of the molecule is CC(C)(SCCC(N)=O)C(=O)O. The van der Waals surface area contributed by atoms with Crippen molar-refractivity contribution >= 4 is 23.6 Å². The molecule has 0 radical (unpaired) electrons. The number of amides is 1. The van der Waals surface area contributed by atoms with Crippen molar-refractivity contribution in [2.45, 2.75) is 25.0 Å².